The second-order valence-electron chi connectivity index (χ2n) is 6.60. The molecule has 2 aromatic carbocycles. The lowest BCUT2D eigenvalue weighted by molar-refractivity contribution is 0.0954. The summed E-state index contributed by atoms with van der Waals surface area (Å²) in [7, 11) is 4.66. The van der Waals surface area contributed by atoms with Gasteiger partial charge in [-0.15, -0.1) is 0 Å². The number of amides is 1. The number of nitrogens with zero attached hydrogens (tertiary/aromatic N) is 2. The fraction of sp³-hybridized carbons (Fsp3) is 0.217. The maximum atomic E-state index is 12.7. The lowest BCUT2D eigenvalue weighted by atomic mass is 10.2. The van der Waals surface area contributed by atoms with Crippen LogP contribution in [0.5, 0.6) is 17.2 Å². The van der Waals surface area contributed by atoms with Gasteiger partial charge in [0.05, 0.1) is 33.1 Å². The van der Waals surface area contributed by atoms with E-state index in [9.17, 15) is 4.79 Å². The number of carbonyl (C=O) groups is 1. The maximum Gasteiger partial charge on any atom is 0.273 e. The van der Waals surface area contributed by atoms with Gasteiger partial charge in [-0.1, -0.05) is 18.2 Å². The number of aryl methyl sites for hydroxylation is 1. The summed E-state index contributed by atoms with van der Waals surface area (Å²) >= 11 is 0. The Hall–Kier alpha value is -3.74. The zero-order valence-electron chi connectivity index (χ0n) is 17.7. The molecular formula is C23H25N3O4. The zero-order valence-corrected chi connectivity index (χ0v) is 17.7. The van der Waals surface area contributed by atoms with Gasteiger partial charge in [-0.05, 0) is 38.1 Å². The number of rotatable bonds is 7. The number of ether oxygens (including phenoxy) is 3. The molecule has 0 bridgehead atoms. The lowest BCUT2D eigenvalue weighted by Gasteiger charge is -2.11. The van der Waals surface area contributed by atoms with Crippen LogP contribution in [-0.2, 0) is 0 Å². The number of hydrogen-bond acceptors (Lipinski definition) is 5. The maximum absolute atomic E-state index is 12.7. The highest BCUT2D eigenvalue weighted by molar-refractivity contribution is 5.96. The molecule has 30 heavy (non-hydrogen) atoms. The van der Waals surface area contributed by atoms with Gasteiger partial charge < -0.3 is 18.8 Å². The van der Waals surface area contributed by atoms with Crippen LogP contribution in [0.25, 0.3) is 5.69 Å². The SMILES string of the molecule is COc1cc(OC)c(OC)cc1/C=N\NC(=O)c1cc(C)n(-c2ccccc2)c1C. The predicted molar refractivity (Wildman–Crippen MR) is 116 cm³/mol. The number of aromatic nitrogens is 1. The minimum Gasteiger partial charge on any atom is -0.496 e. The Morgan fingerprint density at radius 1 is 0.933 bits per heavy atom. The van der Waals surface area contributed by atoms with E-state index < -0.39 is 0 Å². The molecule has 0 aliphatic carbocycles. The highest BCUT2D eigenvalue weighted by Crippen LogP contribution is 2.33. The second kappa shape index (κ2) is 9.17. The molecule has 0 aliphatic rings. The molecule has 0 aliphatic heterocycles. The Balaban J connectivity index is 1.82. The second-order valence-corrected chi connectivity index (χ2v) is 6.60. The van der Waals surface area contributed by atoms with Crippen molar-refractivity contribution in [2.24, 2.45) is 5.10 Å². The van der Waals surface area contributed by atoms with Crippen molar-refractivity contribution in [3.63, 3.8) is 0 Å². The van der Waals surface area contributed by atoms with Crippen molar-refractivity contribution in [2.75, 3.05) is 21.3 Å². The fourth-order valence-corrected chi connectivity index (χ4v) is 3.34. The number of nitrogens with one attached hydrogen (secondary N) is 1. The van der Waals surface area contributed by atoms with E-state index in [1.54, 1.807) is 33.5 Å². The van der Waals surface area contributed by atoms with E-state index in [0.717, 1.165) is 17.1 Å². The van der Waals surface area contributed by atoms with Gasteiger partial charge in [0.25, 0.3) is 5.91 Å². The van der Waals surface area contributed by atoms with Crippen molar-refractivity contribution >= 4 is 12.1 Å². The van der Waals surface area contributed by atoms with Crippen LogP contribution in [0.2, 0.25) is 0 Å². The molecule has 0 spiro atoms. The Morgan fingerprint density at radius 3 is 2.20 bits per heavy atom. The molecule has 1 amide bonds. The first kappa shape index (κ1) is 21.0. The molecule has 156 valence electrons. The molecule has 0 saturated heterocycles. The van der Waals surface area contributed by atoms with Crippen molar-refractivity contribution in [2.45, 2.75) is 13.8 Å². The molecule has 0 radical (unpaired) electrons. The van der Waals surface area contributed by atoms with Crippen molar-refractivity contribution in [1.82, 2.24) is 9.99 Å². The number of carbonyl (C=O) groups excluding carboxylic acids is 1. The number of para-hydroxylation sites is 1. The topological polar surface area (TPSA) is 74.1 Å². The minimum atomic E-state index is -0.291. The molecule has 1 aromatic heterocycles. The third-order valence-electron chi connectivity index (χ3n) is 4.80. The summed E-state index contributed by atoms with van der Waals surface area (Å²) in [6, 6.07) is 15.2. The first-order valence-corrected chi connectivity index (χ1v) is 9.38. The Labute approximate surface area is 175 Å². The van der Waals surface area contributed by atoms with E-state index in [2.05, 4.69) is 10.5 Å². The molecule has 1 N–H and O–H groups in total. The molecule has 7 heteroatoms. The Morgan fingerprint density at radius 2 is 1.57 bits per heavy atom. The first-order chi connectivity index (χ1) is 14.5. The standard InChI is InChI=1S/C23H25N3O4/c1-15-11-19(16(2)26(15)18-9-7-6-8-10-18)23(27)25-24-14-17-12-21(29-4)22(30-5)13-20(17)28-3/h6-14H,1-5H3,(H,25,27)/b24-14-. The van der Waals surface area contributed by atoms with Gasteiger partial charge in [0.2, 0.25) is 0 Å². The van der Waals surface area contributed by atoms with Crippen molar-refractivity contribution in [3.8, 4) is 22.9 Å². The number of hydrogen-bond donors (Lipinski definition) is 1. The summed E-state index contributed by atoms with van der Waals surface area (Å²) in [5.41, 5.74) is 6.61. The molecule has 3 rings (SSSR count). The highest BCUT2D eigenvalue weighted by Gasteiger charge is 2.16. The average Bonchev–Trinajstić information content (AvgIpc) is 3.07. The van der Waals surface area contributed by atoms with Crippen molar-refractivity contribution in [3.05, 3.63) is 71.0 Å². The van der Waals surface area contributed by atoms with Gasteiger partial charge in [-0.3, -0.25) is 4.79 Å². The van der Waals surface area contributed by atoms with Gasteiger partial charge in [-0.25, -0.2) is 5.43 Å². The van der Waals surface area contributed by atoms with Gasteiger partial charge in [-0.2, -0.15) is 5.10 Å². The first-order valence-electron chi connectivity index (χ1n) is 9.38. The number of benzene rings is 2. The molecular weight excluding hydrogens is 382 g/mol. The summed E-state index contributed by atoms with van der Waals surface area (Å²) < 4.78 is 18.0. The van der Waals surface area contributed by atoms with E-state index in [-0.39, 0.29) is 5.91 Å². The van der Waals surface area contributed by atoms with E-state index in [1.165, 1.54) is 6.21 Å². The smallest absolute Gasteiger partial charge is 0.273 e. The lowest BCUT2D eigenvalue weighted by Crippen LogP contribution is -2.18. The fourth-order valence-electron chi connectivity index (χ4n) is 3.34. The van der Waals surface area contributed by atoms with Crippen LogP contribution < -0.4 is 19.6 Å². The van der Waals surface area contributed by atoms with Crippen LogP contribution in [0.3, 0.4) is 0 Å². The summed E-state index contributed by atoms with van der Waals surface area (Å²) in [5, 5.41) is 4.10. The van der Waals surface area contributed by atoms with Crippen LogP contribution in [0.4, 0.5) is 0 Å². The zero-order chi connectivity index (χ0) is 21.7. The quantitative estimate of drug-likeness (QED) is 0.476. The van der Waals surface area contributed by atoms with Gasteiger partial charge in [0, 0.05) is 28.7 Å². The molecule has 7 nitrogen and oxygen atoms in total. The van der Waals surface area contributed by atoms with E-state index in [1.807, 2.05) is 54.8 Å². The van der Waals surface area contributed by atoms with E-state index in [0.29, 0.717) is 28.4 Å². The minimum absolute atomic E-state index is 0.291. The monoisotopic (exact) mass is 407 g/mol. The highest BCUT2D eigenvalue weighted by atomic mass is 16.5. The predicted octanol–water partition coefficient (Wildman–Crippen LogP) is 3.88. The number of hydrazone groups is 1. The van der Waals surface area contributed by atoms with Gasteiger partial charge in [0.1, 0.15) is 5.75 Å². The van der Waals surface area contributed by atoms with Crippen molar-refractivity contribution in [1.29, 1.82) is 0 Å². The van der Waals surface area contributed by atoms with Crippen LogP contribution in [0, 0.1) is 13.8 Å². The normalized spacial score (nSPS) is 10.8. The van der Waals surface area contributed by atoms with Crippen LogP contribution >= 0.6 is 0 Å². The van der Waals surface area contributed by atoms with E-state index in [4.69, 9.17) is 14.2 Å². The van der Waals surface area contributed by atoms with Crippen LogP contribution in [0.15, 0.2) is 53.6 Å². The summed E-state index contributed by atoms with van der Waals surface area (Å²) in [6.07, 6.45) is 1.51. The largest absolute Gasteiger partial charge is 0.496 e. The van der Waals surface area contributed by atoms with E-state index >= 15 is 0 Å². The Kier molecular flexibility index (Phi) is 6.41. The van der Waals surface area contributed by atoms with Crippen LogP contribution in [0.1, 0.15) is 27.3 Å². The summed E-state index contributed by atoms with van der Waals surface area (Å²) in [4.78, 5) is 12.7. The third-order valence-corrected chi connectivity index (χ3v) is 4.80. The average molecular weight is 407 g/mol. The molecule has 0 atom stereocenters. The number of methoxy groups -OCH3 is 3. The summed E-state index contributed by atoms with van der Waals surface area (Å²) in [5.74, 6) is 1.34. The molecule has 1 heterocycles. The molecule has 0 fully saturated rings. The Bertz CT molecular complexity index is 1070. The van der Waals surface area contributed by atoms with Crippen LogP contribution in [-0.4, -0.2) is 38.0 Å². The van der Waals surface area contributed by atoms with Gasteiger partial charge >= 0.3 is 0 Å². The molecule has 0 saturated carbocycles. The summed E-state index contributed by atoms with van der Waals surface area (Å²) in [6.45, 7) is 3.88. The van der Waals surface area contributed by atoms with Crippen molar-refractivity contribution < 1.29 is 19.0 Å². The molecule has 3 aromatic rings. The molecule has 0 unspecified atom stereocenters. The van der Waals surface area contributed by atoms with Gasteiger partial charge in [0.15, 0.2) is 11.5 Å². The third kappa shape index (κ3) is 4.15.